The van der Waals surface area contributed by atoms with Gasteiger partial charge in [-0.3, -0.25) is 14.2 Å². The predicted octanol–water partition coefficient (Wildman–Crippen LogP) is 5.85. The highest BCUT2D eigenvalue weighted by Gasteiger charge is 2.20. The van der Waals surface area contributed by atoms with Gasteiger partial charge in [0.05, 0.1) is 10.2 Å². The standard InChI is InChI=1S/C36H31N3O3S/c1-23-11-9-18-31(26(23)4)38-34(40)30(21-37)36-39(33-24(2)12-8-13-25(33)3)35(41)32(43-36)20-28-16-10-17-29(19-28)42-22-27-14-6-5-7-15-27/h5-20H,22H2,1-4H3,(H,38,40)/b32-20-,36-30+. The molecular weight excluding hydrogens is 554 g/mol. The van der Waals surface area contributed by atoms with Crippen LogP contribution in [0, 0.1) is 39.0 Å². The van der Waals surface area contributed by atoms with E-state index in [2.05, 4.69) is 11.4 Å². The van der Waals surface area contributed by atoms with Crippen molar-refractivity contribution in [2.24, 2.45) is 0 Å². The minimum atomic E-state index is -0.569. The van der Waals surface area contributed by atoms with Crippen LogP contribution in [-0.2, 0) is 11.4 Å². The lowest BCUT2D eigenvalue weighted by atomic mass is 10.1. The van der Waals surface area contributed by atoms with Crippen LogP contribution in [-0.4, -0.2) is 10.5 Å². The van der Waals surface area contributed by atoms with Crippen LogP contribution in [0.1, 0.15) is 33.4 Å². The Morgan fingerprint density at radius 3 is 2.30 bits per heavy atom. The highest BCUT2D eigenvalue weighted by molar-refractivity contribution is 7.07. The van der Waals surface area contributed by atoms with Gasteiger partial charge in [0.2, 0.25) is 0 Å². The summed E-state index contributed by atoms with van der Waals surface area (Å²) in [5.41, 5.74) is 6.30. The van der Waals surface area contributed by atoms with E-state index in [0.29, 0.717) is 28.3 Å². The summed E-state index contributed by atoms with van der Waals surface area (Å²) in [6.07, 6.45) is 1.77. The Balaban J connectivity index is 1.65. The number of nitriles is 1. The lowest BCUT2D eigenvalue weighted by molar-refractivity contribution is -0.111. The maximum absolute atomic E-state index is 14.1. The second-order valence-corrected chi connectivity index (χ2v) is 11.4. The molecule has 4 aromatic carbocycles. The maximum atomic E-state index is 14.1. The van der Waals surface area contributed by atoms with E-state index >= 15 is 0 Å². The zero-order valence-electron chi connectivity index (χ0n) is 24.5. The number of aromatic nitrogens is 1. The third-order valence-electron chi connectivity index (χ3n) is 7.30. The van der Waals surface area contributed by atoms with Crippen molar-refractivity contribution < 1.29 is 9.53 Å². The van der Waals surface area contributed by atoms with Crippen LogP contribution in [0.15, 0.2) is 95.8 Å². The number of thiazole rings is 1. The Morgan fingerprint density at radius 2 is 1.58 bits per heavy atom. The molecular formula is C36H31N3O3S. The van der Waals surface area contributed by atoms with Crippen molar-refractivity contribution in [3.05, 3.63) is 144 Å². The lowest BCUT2D eigenvalue weighted by Crippen LogP contribution is -2.33. The average molecular weight is 586 g/mol. The summed E-state index contributed by atoms with van der Waals surface area (Å²) in [4.78, 5) is 27.6. The van der Waals surface area contributed by atoms with Crippen molar-refractivity contribution >= 4 is 34.6 Å². The molecule has 0 aliphatic rings. The molecule has 0 aliphatic carbocycles. The number of ether oxygens (including phenoxy) is 1. The number of para-hydroxylation sites is 1. The van der Waals surface area contributed by atoms with Crippen LogP contribution in [0.3, 0.4) is 0 Å². The van der Waals surface area contributed by atoms with Crippen LogP contribution >= 0.6 is 11.3 Å². The zero-order valence-corrected chi connectivity index (χ0v) is 25.3. The molecule has 0 fully saturated rings. The molecule has 5 aromatic rings. The van der Waals surface area contributed by atoms with Gasteiger partial charge in [-0.05, 0) is 85.4 Å². The summed E-state index contributed by atoms with van der Waals surface area (Å²) >= 11 is 1.12. The normalized spacial score (nSPS) is 12.0. The zero-order chi connectivity index (χ0) is 30.5. The third-order valence-corrected chi connectivity index (χ3v) is 8.39. The van der Waals surface area contributed by atoms with Gasteiger partial charge in [0.1, 0.15) is 23.1 Å². The molecule has 0 saturated heterocycles. The van der Waals surface area contributed by atoms with Gasteiger partial charge in [-0.15, -0.1) is 11.3 Å². The maximum Gasteiger partial charge on any atom is 0.273 e. The summed E-state index contributed by atoms with van der Waals surface area (Å²) in [5.74, 6) is 0.0990. The van der Waals surface area contributed by atoms with Crippen molar-refractivity contribution in [1.82, 2.24) is 4.57 Å². The Kier molecular flexibility index (Phi) is 8.70. The first kappa shape index (κ1) is 29.3. The van der Waals surface area contributed by atoms with Crippen molar-refractivity contribution in [3.8, 4) is 17.5 Å². The Morgan fingerprint density at radius 1 is 0.907 bits per heavy atom. The van der Waals surface area contributed by atoms with E-state index in [1.807, 2.05) is 113 Å². The van der Waals surface area contributed by atoms with Crippen LogP contribution in [0.2, 0.25) is 0 Å². The number of nitrogens with zero attached hydrogens (tertiary/aromatic N) is 2. The van der Waals surface area contributed by atoms with Gasteiger partial charge in [0, 0.05) is 5.69 Å². The first-order chi connectivity index (χ1) is 20.8. The van der Waals surface area contributed by atoms with E-state index in [0.717, 1.165) is 44.7 Å². The molecule has 5 rings (SSSR count). The molecule has 0 saturated carbocycles. The molecule has 1 aromatic heterocycles. The van der Waals surface area contributed by atoms with Crippen molar-refractivity contribution in [3.63, 3.8) is 0 Å². The lowest BCUT2D eigenvalue weighted by Gasteiger charge is -2.12. The number of aryl methyl sites for hydroxylation is 3. The molecule has 43 heavy (non-hydrogen) atoms. The number of hydrogen-bond donors (Lipinski definition) is 1. The summed E-state index contributed by atoms with van der Waals surface area (Å²) in [6.45, 7) is 8.12. The predicted molar refractivity (Wildman–Crippen MR) is 173 cm³/mol. The fraction of sp³-hybridized carbons (Fsp3) is 0.139. The SMILES string of the molecule is Cc1cccc(NC(=O)/C(C#N)=c2/s/c(=C\c3cccc(OCc4ccccc4)c3)c(=O)n2-c2c(C)cccc2C)c1C. The van der Waals surface area contributed by atoms with E-state index in [-0.39, 0.29) is 15.8 Å². The number of hydrogen-bond acceptors (Lipinski definition) is 5. The average Bonchev–Trinajstić information content (AvgIpc) is 3.30. The smallest absolute Gasteiger partial charge is 0.273 e. The van der Waals surface area contributed by atoms with E-state index < -0.39 is 5.91 Å². The number of carbonyl (C=O) groups excluding carboxylic acids is 1. The van der Waals surface area contributed by atoms with Gasteiger partial charge >= 0.3 is 0 Å². The summed E-state index contributed by atoms with van der Waals surface area (Å²) in [6, 6.07) is 30.8. The van der Waals surface area contributed by atoms with Gasteiger partial charge in [0.25, 0.3) is 11.5 Å². The van der Waals surface area contributed by atoms with Gasteiger partial charge < -0.3 is 10.1 Å². The van der Waals surface area contributed by atoms with Gasteiger partial charge in [0.15, 0.2) is 5.57 Å². The Hall–Kier alpha value is -5.19. The molecule has 0 unspecified atom stereocenters. The molecule has 214 valence electrons. The summed E-state index contributed by atoms with van der Waals surface area (Å²) in [5, 5.41) is 13.1. The highest BCUT2D eigenvalue weighted by atomic mass is 32.1. The number of rotatable bonds is 7. The molecule has 1 N–H and O–H groups in total. The molecule has 7 heteroatoms. The number of anilines is 1. The van der Waals surface area contributed by atoms with Crippen molar-refractivity contribution in [2.45, 2.75) is 34.3 Å². The molecule has 6 nitrogen and oxygen atoms in total. The second kappa shape index (κ2) is 12.8. The summed E-state index contributed by atoms with van der Waals surface area (Å²) < 4.78 is 8.16. The fourth-order valence-electron chi connectivity index (χ4n) is 4.86. The first-order valence-electron chi connectivity index (χ1n) is 13.9. The molecule has 1 amide bonds. The van der Waals surface area contributed by atoms with Crippen LogP contribution in [0.5, 0.6) is 5.75 Å². The van der Waals surface area contributed by atoms with Crippen molar-refractivity contribution in [1.29, 1.82) is 5.26 Å². The largest absolute Gasteiger partial charge is 0.489 e. The Bertz CT molecular complexity index is 2030. The van der Waals surface area contributed by atoms with E-state index in [4.69, 9.17) is 4.74 Å². The van der Waals surface area contributed by atoms with Gasteiger partial charge in [-0.1, -0.05) is 72.8 Å². The molecule has 1 heterocycles. The summed E-state index contributed by atoms with van der Waals surface area (Å²) in [7, 11) is 0. The molecule has 0 spiro atoms. The number of amides is 1. The molecule has 0 bridgehead atoms. The Labute approximate surface area is 254 Å². The topological polar surface area (TPSA) is 84.1 Å². The number of nitrogens with one attached hydrogen (secondary N) is 1. The van der Waals surface area contributed by atoms with Crippen molar-refractivity contribution in [2.75, 3.05) is 5.32 Å². The van der Waals surface area contributed by atoms with E-state index in [1.54, 1.807) is 12.1 Å². The minimum Gasteiger partial charge on any atom is -0.489 e. The molecule has 0 atom stereocenters. The second-order valence-electron chi connectivity index (χ2n) is 10.3. The third kappa shape index (κ3) is 6.35. The fourth-order valence-corrected chi connectivity index (χ4v) is 5.95. The van der Waals surface area contributed by atoms with Gasteiger partial charge in [-0.25, -0.2) is 0 Å². The van der Waals surface area contributed by atoms with Crippen LogP contribution < -0.4 is 24.8 Å². The quantitative estimate of drug-likeness (QED) is 0.260. The highest BCUT2D eigenvalue weighted by Crippen LogP contribution is 2.20. The molecule has 0 radical (unpaired) electrons. The number of carbonyl (C=O) groups is 1. The van der Waals surface area contributed by atoms with Crippen LogP contribution in [0.25, 0.3) is 17.3 Å². The first-order valence-corrected chi connectivity index (χ1v) is 14.7. The molecule has 0 aliphatic heterocycles. The number of benzene rings is 4. The monoisotopic (exact) mass is 585 g/mol. The van der Waals surface area contributed by atoms with E-state index in [1.165, 1.54) is 4.57 Å². The van der Waals surface area contributed by atoms with Crippen LogP contribution in [0.4, 0.5) is 5.69 Å². The van der Waals surface area contributed by atoms with Gasteiger partial charge in [-0.2, -0.15) is 5.26 Å². The van der Waals surface area contributed by atoms with E-state index in [9.17, 15) is 14.9 Å². The minimum absolute atomic E-state index is 0.134.